The molecular weight excluding hydrogens is 396 g/mol. The Hall–Kier alpha value is -1.54. The number of anilines is 1. The third-order valence-electron chi connectivity index (χ3n) is 4.85. The molecule has 0 aliphatic carbocycles. The highest BCUT2D eigenvalue weighted by Crippen LogP contribution is 2.29. The standard InChI is InChI=1S/C19H29ClN6OS/c1-4-11-28-18-23-15(25-8-5-6-9-25)14-12-22-26(16(14)24-18)10-7-21-17(27)19(2,3)13-20/h12H,4-11,13H2,1-3H3,(H,21,27). The van der Waals surface area contributed by atoms with E-state index in [1.54, 1.807) is 11.8 Å². The van der Waals surface area contributed by atoms with Gasteiger partial charge >= 0.3 is 0 Å². The SMILES string of the molecule is CCCSc1nc(N2CCCC2)c2cnn(CCNC(=O)C(C)(C)CCl)c2n1. The Morgan fingerprint density at radius 3 is 2.75 bits per heavy atom. The third kappa shape index (κ3) is 4.71. The van der Waals surface area contributed by atoms with E-state index >= 15 is 0 Å². The van der Waals surface area contributed by atoms with Crippen LogP contribution in [0.4, 0.5) is 5.82 Å². The van der Waals surface area contributed by atoms with Crippen LogP contribution in [0.25, 0.3) is 11.0 Å². The Labute approximate surface area is 175 Å². The minimum absolute atomic E-state index is 0.0504. The number of aromatic nitrogens is 4. The second kappa shape index (κ2) is 9.31. The quantitative estimate of drug-likeness (QED) is 0.378. The van der Waals surface area contributed by atoms with Crippen LogP contribution in [0, 0.1) is 5.41 Å². The molecule has 0 radical (unpaired) electrons. The third-order valence-corrected chi connectivity index (χ3v) is 6.58. The first-order valence-corrected chi connectivity index (χ1v) is 11.4. The molecule has 9 heteroatoms. The number of nitrogens with zero attached hydrogens (tertiary/aromatic N) is 5. The van der Waals surface area contributed by atoms with E-state index in [1.807, 2.05) is 24.7 Å². The van der Waals surface area contributed by atoms with Crippen LogP contribution in [0.2, 0.25) is 0 Å². The maximum Gasteiger partial charge on any atom is 0.226 e. The van der Waals surface area contributed by atoms with Crippen molar-refractivity contribution >= 4 is 46.1 Å². The first-order chi connectivity index (χ1) is 13.5. The van der Waals surface area contributed by atoms with Crippen LogP contribution in [0.5, 0.6) is 0 Å². The molecule has 154 valence electrons. The number of alkyl halides is 1. The Kier molecular flexibility index (Phi) is 7.04. The second-order valence-corrected chi connectivity index (χ2v) is 9.08. The summed E-state index contributed by atoms with van der Waals surface area (Å²) >= 11 is 7.56. The zero-order valence-corrected chi connectivity index (χ0v) is 18.4. The Morgan fingerprint density at radius 2 is 2.07 bits per heavy atom. The summed E-state index contributed by atoms with van der Waals surface area (Å²) in [5.41, 5.74) is 0.254. The minimum Gasteiger partial charge on any atom is -0.356 e. The highest BCUT2D eigenvalue weighted by atomic mass is 35.5. The van der Waals surface area contributed by atoms with Crippen LogP contribution < -0.4 is 10.2 Å². The number of thioether (sulfide) groups is 1. The smallest absolute Gasteiger partial charge is 0.226 e. The minimum atomic E-state index is -0.581. The second-order valence-electron chi connectivity index (χ2n) is 7.75. The highest BCUT2D eigenvalue weighted by molar-refractivity contribution is 7.99. The van der Waals surface area contributed by atoms with E-state index in [4.69, 9.17) is 21.6 Å². The number of rotatable bonds is 9. The summed E-state index contributed by atoms with van der Waals surface area (Å²) in [6.45, 7) is 8.93. The van der Waals surface area contributed by atoms with Gasteiger partial charge in [-0.3, -0.25) is 4.79 Å². The Morgan fingerprint density at radius 1 is 1.32 bits per heavy atom. The average Bonchev–Trinajstić information content (AvgIpc) is 3.36. The van der Waals surface area contributed by atoms with Crippen molar-refractivity contribution in [2.24, 2.45) is 5.41 Å². The van der Waals surface area contributed by atoms with Crippen molar-refractivity contribution in [3.05, 3.63) is 6.20 Å². The lowest BCUT2D eigenvalue weighted by molar-refractivity contribution is -0.128. The van der Waals surface area contributed by atoms with Crippen LogP contribution in [-0.2, 0) is 11.3 Å². The van der Waals surface area contributed by atoms with Crippen LogP contribution in [0.3, 0.4) is 0 Å². The largest absolute Gasteiger partial charge is 0.356 e. The molecule has 1 aliphatic heterocycles. The van der Waals surface area contributed by atoms with Crippen molar-refractivity contribution in [1.82, 2.24) is 25.1 Å². The maximum absolute atomic E-state index is 12.2. The van der Waals surface area contributed by atoms with Crippen molar-refractivity contribution in [2.45, 2.75) is 51.7 Å². The number of amides is 1. The molecule has 1 aliphatic rings. The van der Waals surface area contributed by atoms with E-state index in [9.17, 15) is 4.79 Å². The molecule has 3 rings (SSSR count). The van der Waals surface area contributed by atoms with E-state index in [0.29, 0.717) is 13.1 Å². The summed E-state index contributed by atoms with van der Waals surface area (Å²) in [5.74, 6) is 2.21. The Balaban J connectivity index is 1.81. The van der Waals surface area contributed by atoms with Gasteiger partial charge in [-0.05, 0) is 33.1 Å². The normalized spacial score (nSPS) is 14.8. The number of fused-ring (bicyclic) bond motifs is 1. The summed E-state index contributed by atoms with van der Waals surface area (Å²) in [6, 6.07) is 0. The van der Waals surface area contributed by atoms with Crippen LogP contribution >= 0.6 is 23.4 Å². The molecule has 0 aromatic carbocycles. The molecule has 0 saturated carbocycles. The van der Waals surface area contributed by atoms with Crippen molar-refractivity contribution in [2.75, 3.05) is 36.2 Å². The maximum atomic E-state index is 12.2. The van der Waals surface area contributed by atoms with Gasteiger partial charge in [-0.1, -0.05) is 18.7 Å². The number of carbonyl (C=O) groups is 1. The fraction of sp³-hybridized carbons (Fsp3) is 0.684. The van der Waals surface area contributed by atoms with Gasteiger partial charge in [0.05, 0.1) is 23.5 Å². The fourth-order valence-corrected chi connectivity index (χ4v) is 3.90. The van der Waals surface area contributed by atoms with Gasteiger partial charge in [-0.15, -0.1) is 11.6 Å². The van der Waals surface area contributed by atoms with Gasteiger partial charge in [0.15, 0.2) is 10.8 Å². The first kappa shape index (κ1) is 21.2. The van der Waals surface area contributed by atoms with Crippen LogP contribution in [0.15, 0.2) is 11.4 Å². The molecule has 1 amide bonds. The number of halogens is 1. The molecule has 2 aromatic heterocycles. The van der Waals surface area contributed by atoms with Gasteiger partial charge in [-0.2, -0.15) is 5.10 Å². The average molecular weight is 425 g/mol. The molecule has 0 unspecified atom stereocenters. The molecule has 0 spiro atoms. The van der Waals surface area contributed by atoms with E-state index in [-0.39, 0.29) is 11.8 Å². The molecule has 1 saturated heterocycles. The van der Waals surface area contributed by atoms with Crippen molar-refractivity contribution in [3.63, 3.8) is 0 Å². The monoisotopic (exact) mass is 424 g/mol. The van der Waals surface area contributed by atoms with E-state index < -0.39 is 5.41 Å². The molecule has 1 N–H and O–H groups in total. The molecule has 7 nitrogen and oxygen atoms in total. The summed E-state index contributed by atoms with van der Waals surface area (Å²) in [4.78, 5) is 24.1. The van der Waals surface area contributed by atoms with Crippen molar-refractivity contribution in [3.8, 4) is 0 Å². The molecule has 3 heterocycles. The molecule has 2 aromatic rings. The van der Waals surface area contributed by atoms with Gasteiger partial charge < -0.3 is 10.2 Å². The number of carbonyl (C=O) groups excluding carboxylic acids is 1. The van der Waals surface area contributed by atoms with Gasteiger partial charge in [0.2, 0.25) is 5.91 Å². The van der Waals surface area contributed by atoms with E-state index in [1.165, 1.54) is 12.8 Å². The summed E-state index contributed by atoms with van der Waals surface area (Å²) in [7, 11) is 0. The lowest BCUT2D eigenvalue weighted by Crippen LogP contribution is -2.39. The molecule has 28 heavy (non-hydrogen) atoms. The number of hydrogen-bond acceptors (Lipinski definition) is 6. The predicted octanol–water partition coefficient (Wildman–Crippen LogP) is 3.31. The zero-order chi connectivity index (χ0) is 20.1. The van der Waals surface area contributed by atoms with Crippen LogP contribution in [0.1, 0.15) is 40.0 Å². The van der Waals surface area contributed by atoms with Crippen LogP contribution in [-0.4, -0.2) is 56.9 Å². The van der Waals surface area contributed by atoms with E-state index in [0.717, 1.165) is 47.3 Å². The summed E-state index contributed by atoms with van der Waals surface area (Å²) < 4.78 is 1.86. The van der Waals surface area contributed by atoms with Crippen molar-refractivity contribution in [1.29, 1.82) is 0 Å². The molecule has 0 atom stereocenters. The topological polar surface area (TPSA) is 75.9 Å². The summed E-state index contributed by atoms with van der Waals surface area (Å²) in [6.07, 6.45) is 5.31. The molecular formula is C19H29ClN6OS. The first-order valence-electron chi connectivity index (χ1n) is 9.92. The zero-order valence-electron chi connectivity index (χ0n) is 16.9. The lowest BCUT2D eigenvalue weighted by atomic mass is 9.95. The molecule has 1 fully saturated rings. The van der Waals surface area contributed by atoms with Gasteiger partial charge in [-0.25, -0.2) is 14.6 Å². The fourth-order valence-electron chi connectivity index (χ4n) is 3.09. The van der Waals surface area contributed by atoms with Crippen molar-refractivity contribution < 1.29 is 4.79 Å². The highest BCUT2D eigenvalue weighted by Gasteiger charge is 2.26. The Bertz CT molecular complexity index is 818. The molecule has 0 bridgehead atoms. The summed E-state index contributed by atoms with van der Waals surface area (Å²) in [5, 5.41) is 9.26. The van der Waals surface area contributed by atoms with Gasteiger partial charge in [0.25, 0.3) is 0 Å². The van der Waals surface area contributed by atoms with Gasteiger partial charge in [0.1, 0.15) is 5.82 Å². The number of hydrogen-bond donors (Lipinski definition) is 1. The lowest BCUT2D eigenvalue weighted by Gasteiger charge is -2.20. The number of nitrogens with one attached hydrogen (secondary N) is 1. The van der Waals surface area contributed by atoms with Gasteiger partial charge in [0, 0.05) is 31.3 Å². The van der Waals surface area contributed by atoms with E-state index in [2.05, 4.69) is 22.2 Å². The predicted molar refractivity (Wildman–Crippen MR) is 115 cm³/mol.